The van der Waals surface area contributed by atoms with E-state index in [1.807, 2.05) is 24.0 Å². The van der Waals surface area contributed by atoms with Gasteiger partial charge in [-0.15, -0.1) is 0 Å². The molecule has 3 nitrogen and oxygen atoms in total. The van der Waals surface area contributed by atoms with Crippen molar-refractivity contribution >= 4 is 17.5 Å². The molecule has 1 heterocycles. The number of likely N-dealkylation sites (tertiary alicyclic amines) is 1. The van der Waals surface area contributed by atoms with Crippen molar-refractivity contribution in [1.82, 2.24) is 4.90 Å². The van der Waals surface area contributed by atoms with Crippen LogP contribution in [0.25, 0.3) is 0 Å². The van der Waals surface area contributed by atoms with E-state index < -0.39 is 5.60 Å². The van der Waals surface area contributed by atoms with E-state index in [-0.39, 0.29) is 11.8 Å². The number of carbonyl (C=O) groups is 1. The number of halogens is 1. The maximum absolute atomic E-state index is 12.7. The Bertz CT molecular complexity index is 560. The normalized spacial score (nSPS) is 29.1. The molecule has 2 fully saturated rings. The Morgan fingerprint density at radius 3 is 2.95 bits per heavy atom. The molecule has 21 heavy (non-hydrogen) atoms. The summed E-state index contributed by atoms with van der Waals surface area (Å²) >= 11 is 5.96. The average Bonchev–Trinajstić information content (AvgIpc) is 2.45. The number of nitrogens with zero attached hydrogens (tertiary/aromatic N) is 1. The summed E-state index contributed by atoms with van der Waals surface area (Å²) in [5, 5.41) is 11.4. The molecule has 1 N–H and O–H groups in total. The molecule has 0 bridgehead atoms. The van der Waals surface area contributed by atoms with Crippen LogP contribution in [0.5, 0.6) is 0 Å². The maximum atomic E-state index is 12.7. The first-order valence-electron chi connectivity index (χ1n) is 7.77. The van der Waals surface area contributed by atoms with E-state index in [0.717, 1.165) is 36.8 Å². The van der Waals surface area contributed by atoms with Gasteiger partial charge < -0.3 is 10.0 Å². The topological polar surface area (TPSA) is 40.5 Å². The lowest BCUT2D eigenvalue weighted by Gasteiger charge is -2.47. The number of rotatable bonds is 1. The molecule has 2 atom stereocenters. The zero-order chi connectivity index (χ0) is 15.0. The molecule has 2 aliphatic rings. The fourth-order valence-corrected chi connectivity index (χ4v) is 4.02. The SMILES string of the molecule is Cc1cc(Cl)ccc1C(=O)N1CCC2(O)CCCCC2C1. The molecule has 1 saturated carbocycles. The highest BCUT2D eigenvalue weighted by molar-refractivity contribution is 6.30. The van der Waals surface area contributed by atoms with Crippen molar-refractivity contribution in [2.24, 2.45) is 5.92 Å². The number of hydrogen-bond acceptors (Lipinski definition) is 2. The summed E-state index contributed by atoms with van der Waals surface area (Å²) in [6.07, 6.45) is 4.89. The van der Waals surface area contributed by atoms with Crippen molar-refractivity contribution in [3.8, 4) is 0 Å². The second-order valence-electron chi connectivity index (χ2n) is 6.51. The van der Waals surface area contributed by atoms with Gasteiger partial charge in [-0.2, -0.15) is 0 Å². The van der Waals surface area contributed by atoms with Crippen LogP contribution in [-0.2, 0) is 0 Å². The molecule has 1 aliphatic heterocycles. The molecule has 1 aliphatic carbocycles. The molecule has 0 aromatic heterocycles. The van der Waals surface area contributed by atoms with Gasteiger partial charge in [-0.25, -0.2) is 0 Å². The van der Waals surface area contributed by atoms with Crippen LogP contribution >= 0.6 is 11.6 Å². The van der Waals surface area contributed by atoms with Gasteiger partial charge in [0.25, 0.3) is 5.91 Å². The van der Waals surface area contributed by atoms with Gasteiger partial charge in [-0.3, -0.25) is 4.79 Å². The smallest absolute Gasteiger partial charge is 0.254 e. The van der Waals surface area contributed by atoms with Crippen LogP contribution in [0.1, 0.15) is 48.0 Å². The average molecular weight is 308 g/mol. The summed E-state index contributed by atoms with van der Waals surface area (Å²) in [6, 6.07) is 5.40. The van der Waals surface area contributed by atoms with Gasteiger partial charge in [-0.1, -0.05) is 24.4 Å². The van der Waals surface area contributed by atoms with Gasteiger partial charge in [0.15, 0.2) is 0 Å². The van der Waals surface area contributed by atoms with E-state index in [1.54, 1.807) is 6.07 Å². The lowest BCUT2D eigenvalue weighted by molar-refractivity contribution is -0.0886. The van der Waals surface area contributed by atoms with Gasteiger partial charge in [0.05, 0.1) is 5.60 Å². The highest BCUT2D eigenvalue weighted by Crippen LogP contribution is 2.40. The molecule has 1 aromatic carbocycles. The summed E-state index contributed by atoms with van der Waals surface area (Å²) in [7, 11) is 0. The molecular formula is C17H22ClNO2. The predicted molar refractivity (Wildman–Crippen MR) is 83.6 cm³/mol. The van der Waals surface area contributed by atoms with E-state index in [2.05, 4.69) is 0 Å². The fraction of sp³-hybridized carbons (Fsp3) is 0.588. The van der Waals surface area contributed by atoms with Crippen LogP contribution in [0.15, 0.2) is 18.2 Å². The van der Waals surface area contributed by atoms with Gasteiger partial charge >= 0.3 is 0 Å². The summed E-state index contributed by atoms with van der Waals surface area (Å²) in [5.41, 5.74) is 1.10. The Kier molecular flexibility index (Phi) is 3.98. The number of fused-ring (bicyclic) bond motifs is 1. The minimum absolute atomic E-state index is 0.0665. The van der Waals surface area contributed by atoms with E-state index in [0.29, 0.717) is 24.5 Å². The molecule has 114 valence electrons. The molecule has 1 aromatic rings. The van der Waals surface area contributed by atoms with Crippen LogP contribution < -0.4 is 0 Å². The Morgan fingerprint density at radius 2 is 2.19 bits per heavy atom. The second kappa shape index (κ2) is 5.62. The van der Waals surface area contributed by atoms with E-state index in [1.165, 1.54) is 0 Å². The van der Waals surface area contributed by atoms with Gasteiger partial charge in [-0.05, 0) is 49.9 Å². The number of benzene rings is 1. The van der Waals surface area contributed by atoms with Crippen LogP contribution in [0, 0.1) is 12.8 Å². The molecule has 2 unspecified atom stereocenters. The largest absolute Gasteiger partial charge is 0.389 e. The second-order valence-corrected chi connectivity index (χ2v) is 6.94. The quantitative estimate of drug-likeness (QED) is 0.863. The predicted octanol–water partition coefficient (Wildman–Crippen LogP) is 3.42. The van der Waals surface area contributed by atoms with E-state index >= 15 is 0 Å². The summed E-state index contributed by atoms with van der Waals surface area (Å²) < 4.78 is 0. The van der Waals surface area contributed by atoms with Gasteiger partial charge in [0, 0.05) is 29.6 Å². The first-order chi connectivity index (χ1) is 9.99. The molecule has 3 rings (SSSR count). The third-order valence-electron chi connectivity index (χ3n) is 5.13. The van der Waals surface area contributed by atoms with Crippen LogP contribution in [0.3, 0.4) is 0 Å². The molecular weight excluding hydrogens is 286 g/mol. The fourth-order valence-electron chi connectivity index (χ4n) is 3.79. The van der Waals surface area contributed by atoms with Crippen molar-refractivity contribution in [1.29, 1.82) is 0 Å². The third kappa shape index (κ3) is 2.82. The molecule has 1 amide bonds. The van der Waals surface area contributed by atoms with Crippen LogP contribution in [0.2, 0.25) is 5.02 Å². The number of aryl methyl sites for hydroxylation is 1. The standard InChI is InChI=1S/C17H22ClNO2/c1-12-10-14(18)5-6-15(12)16(20)19-9-8-17(21)7-3-2-4-13(17)11-19/h5-6,10,13,21H,2-4,7-9,11H2,1H3. The first-order valence-corrected chi connectivity index (χ1v) is 8.15. The maximum Gasteiger partial charge on any atom is 0.254 e. The molecule has 1 saturated heterocycles. The Morgan fingerprint density at radius 1 is 1.38 bits per heavy atom. The number of carbonyl (C=O) groups excluding carboxylic acids is 1. The van der Waals surface area contributed by atoms with Crippen LogP contribution in [-0.4, -0.2) is 34.6 Å². The zero-order valence-electron chi connectivity index (χ0n) is 12.4. The van der Waals surface area contributed by atoms with Gasteiger partial charge in [0.1, 0.15) is 0 Å². The third-order valence-corrected chi connectivity index (χ3v) is 5.37. The van der Waals surface area contributed by atoms with Crippen LogP contribution in [0.4, 0.5) is 0 Å². The molecule has 4 heteroatoms. The Hall–Kier alpha value is -1.06. The molecule has 0 radical (unpaired) electrons. The van der Waals surface area contributed by atoms with Gasteiger partial charge in [0.2, 0.25) is 0 Å². The van der Waals surface area contributed by atoms with Crippen molar-refractivity contribution in [2.75, 3.05) is 13.1 Å². The highest BCUT2D eigenvalue weighted by atomic mass is 35.5. The number of hydrogen-bond donors (Lipinski definition) is 1. The number of piperidine rings is 1. The van der Waals surface area contributed by atoms with Crippen molar-refractivity contribution in [3.05, 3.63) is 34.3 Å². The van der Waals surface area contributed by atoms with Crippen molar-refractivity contribution in [3.63, 3.8) is 0 Å². The lowest BCUT2D eigenvalue weighted by Crippen LogP contribution is -2.54. The van der Waals surface area contributed by atoms with E-state index in [4.69, 9.17) is 11.6 Å². The minimum Gasteiger partial charge on any atom is -0.389 e. The highest BCUT2D eigenvalue weighted by Gasteiger charge is 2.43. The lowest BCUT2D eigenvalue weighted by atomic mass is 9.71. The van der Waals surface area contributed by atoms with E-state index in [9.17, 15) is 9.90 Å². The minimum atomic E-state index is -0.538. The van der Waals surface area contributed by atoms with Crippen molar-refractivity contribution < 1.29 is 9.90 Å². The summed E-state index contributed by atoms with van der Waals surface area (Å²) in [5.74, 6) is 0.299. The van der Waals surface area contributed by atoms with Crippen molar-refractivity contribution in [2.45, 2.75) is 44.6 Å². The first kappa shape index (κ1) is 14.9. The monoisotopic (exact) mass is 307 g/mol. The number of amides is 1. The molecule has 0 spiro atoms. The summed E-state index contributed by atoms with van der Waals surface area (Å²) in [4.78, 5) is 14.6. The Labute approximate surface area is 130 Å². The summed E-state index contributed by atoms with van der Waals surface area (Å²) in [6.45, 7) is 3.24. The number of aliphatic hydroxyl groups is 1. The zero-order valence-corrected chi connectivity index (χ0v) is 13.2. The Balaban J connectivity index is 1.77.